The maximum Gasteiger partial charge on any atom is 0.0455 e. The zero-order chi connectivity index (χ0) is 12.7. The van der Waals surface area contributed by atoms with Crippen molar-refractivity contribution >= 4 is 12.6 Å². The topological polar surface area (TPSA) is 3.24 Å². The minimum Gasteiger partial charge on any atom is -0.298 e. The summed E-state index contributed by atoms with van der Waals surface area (Å²) >= 11 is 4.76. The van der Waals surface area contributed by atoms with Crippen LogP contribution >= 0.6 is 12.6 Å². The molecule has 0 N–H and O–H groups in total. The van der Waals surface area contributed by atoms with Gasteiger partial charge in [-0.15, -0.1) is 0 Å². The second-order valence-electron chi connectivity index (χ2n) is 4.79. The van der Waals surface area contributed by atoms with Crippen LogP contribution in [0.5, 0.6) is 0 Å². The van der Waals surface area contributed by atoms with Crippen molar-refractivity contribution in [2.24, 2.45) is 0 Å². The van der Waals surface area contributed by atoms with Crippen molar-refractivity contribution in [2.45, 2.75) is 43.9 Å². The highest BCUT2D eigenvalue weighted by Gasteiger charge is 2.23. The first-order valence-corrected chi connectivity index (χ1v) is 7.08. The molecule has 0 aromatic carbocycles. The van der Waals surface area contributed by atoms with Crippen LogP contribution in [0.1, 0.15) is 32.6 Å². The van der Waals surface area contributed by atoms with Crippen molar-refractivity contribution in [3.8, 4) is 0 Å². The van der Waals surface area contributed by atoms with Gasteiger partial charge < -0.3 is 0 Å². The van der Waals surface area contributed by atoms with E-state index >= 15 is 0 Å². The molecule has 0 aliphatic carbocycles. The molecule has 1 aliphatic rings. The van der Waals surface area contributed by atoms with Gasteiger partial charge in [0.2, 0.25) is 0 Å². The van der Waals surface area contributed by atoms with Gasteiger partial charge in [-0.25, -0.2) is 0 Å². The molecule has 0 fully saturated rings. The summed E-state index contributed by atoms with van der Waals surface area (Å²) < 4.78 is 0. The summed E-state index contributed by atoms with van der Waals surface area (Å²) in [6.45, 7) is 7.54. The van der Waals surface area contributed by atoms with Crippen LogP contribution in [0.15, 0.2) is 36.5 Å². The predicted octanol–water partition coefficient (Wildman–Crippen LogP) is 3.85. The standard InChI is InChI=1S/C15H25NS/c1-4-10-14(17)15-13(2)11-8-6-5-7-9-12-16(15)3/h5-6,8,11,14-15,17H,2,4,7,9-10,12H2,1,3H3/b6-5-,11-8-. The molecule has 1 heterocycles. The number of rotatable bonds is 3. The summed E-state index contributed by atoms with van der Waals surface area (Å²) in [5, 5.41) is 0.380. The molecule has 0 radical (unpaired) electrons. The van der Waals surface area contributed by atoms with Crippen molar-refractivity contribution < 1.29 is 0 Å². The molecule has 17 heavy (non-hydrogen) atoms. The van der Waals surface area contributed by atoms with Crippen LogP contribution in [0.3, 0.4) is 0 Å². The molecule has 0 saturated carbocycles. The van der Waals surface area contributed by atoms with Gasteiger partial charge in [0.05, 0.1) is 0 Å². The highest BCUT2D eigenvalue weighted by molar-refractivity contribution is 7.81. The summed E-state index contributed by atoms with van der Waals surface area (Å²) in [5.74, 6) is 0. The number of allylic oxidation sites excluding steroid dienone is 3. The third-order valence-corrected chi connectivity index (χ3v) is 3.78. The fraction of sp³-hybridized carbons (Fsp3) is 0.600. The first-order chi connectivity index (χ1) is 8.16. The van der Waals surface area contributed by atoms with Gasteiger partial charge in [0.1, 0.15) is 0 Å². The Bertz CT molecular complexity index is 293. The van der Waals surface area contributed by atoms with E-state index in [1.54, 1.807) is 0 Å². The van der Waals surface area contributed by atoms with Gasteiger partial charge >= 0.3 is 0 Å². The Kier molecular flexibility index (Phi) is 6.68. The van der Waals surface area contributed by atoms with E-state index in [1.807, 2.05) is 0 Å². The first-order valence-electron chi connectivity index (χ1n) is 6.57. The Hall–Kier alpha value is -0.470. The van der Waals surface area contributed by atoms with Crippen LogP contribution in [0.25, 0.3) is 0 Å². The van der Waals surface area contributed by atoms with E-state index in [4.69, 9.17) is 12.6 Å². The second-order valence-corrected chi connectivity index (χ2v) is 5.45. The van der Waals surface area contributed by atoms with Crippen LogP contribution in [0.2, 0.25) is 0 Å². The summed E-state index contributed by atoms with van der Waals surface area (Å²) in [6, 6.07) is 0.362. The van der Waals surface area contributed by atoms with E-state index in [2.05, 4.69) is 49.8 Å². The third-order valence-electron chi connectivity index (χ3n) is 3.24. The molecule has 0 aromatic heterocycles. The Morgan fingerprint density at radius 2 is 2.29 bits per heavy atom. The van der Waals surface area contributed by atoms with Gasteiger partial charge in [0.25, 0.3) is 0 Å². The van der Waals surface area contributed by atoms with Crippen LogP contribution in [-0.4, -0.2) is 29.8 Å². The average molecular weight is 251 g/mol. The Morgan fingerprint density at radius 1 is 1.53 bits per heavy atom. The maximum absolute atomic E-state index is 4.76. The minimum atomic E-state index is 0.362. The SMILES string of the molecule is C=C1/C=C\C=C/CCCN(C)C1C(S)CCC. The summed E-state index contributed by atoms with van der Waals surface area (Å²) in [5.41, 5.74) is 1.17. The monoisotopic (exact) mass is 251 g/mol. The molecule has 0 saturated heterocycles. The maximum atomic E-state index is 4.76. The number of nitrogens with zero attached hydrogens (tertiary/aromatic N) is 1. The number of hydrogen-bond donors (Lipinski definition) is 1. The number of hydrogen-bond acceptors (Lipinski definition) is 2. The molecule has 1 nitrogen and oxygen atoms in total. The largest absolute Gasteiger partial charge is 0.298 e. The zero-order valence-electron chi connectivity index (χ0n) is 11.1. The minimum absolute atomic E-state index is 0.362. The summed E-state index contributed by atoms with van der Waals surface area (Å²) in [6.07, 6.45) is 13.2. The van der Waals surface area contributed by atoms with Crippen LogP contribution in [0.4, 0.5) is 0 Å². The third kappa shape index (κ3) is 4.72. The first kappa shape index (κ1) is 14.6. The Balaban J connectivity index is 2.81. The zero-order valence-corrected chi connectivity index (χ0v) is 12.0. The van der Waals surface area contributed by atoms with Crippen molar-refractivity contribution in [3.63, 3.8) is 0 Å². The van der Waals surface area contributed by atoms with Crippen molar-refractivity contribution in [3.05, 3.63) is 36.5 Å². The Morgan fingerprint density at radius 3 is 3.00 bits per heavy atom. The van der Waals surface area contributed by atoms with Crippen molar-refractivity contribution in [1.29, 1.82) is 0 Å². The molecule has 2 atom stereocenters. The molecule has 0 amide bonds. The average Bonchev–Trinajstić information content (AvgIpc) is 2.28. The lowest BCUT2D eigenvalue weighted by Gasteiger charge is -2.33. The molecule has 0 bridgehead atoms. The Labute approximate surface area is 112 Å². The van der Waals surface area contributed by atoms with E-state index in [-0.39, 0.29) is 0 Å². The molecule has 2 unspecified atom stereocenters. The van der Waals surface area contributed by atoms with E-state index in [0.29, 0.717) is 11.3 Å². The van der Waals surface area contributed by atoms with Gasteiger partial charge in [0, 0.05) is 11.3 Å². The van der Waals surface area contributed by atoms with Crippen LogP contribution < -0.4 is 0 Å². The number of likely N-dealkylation sites (N-methyl/N-ethyl adjacent to an activating group) is 1. The van der Waals surface area contributed by atoms with Gasteiger partial charge in [-0.1, -0.05) is 44.2 Å². The van der Waals surface area contributed by atoms with Crippen LogP contribution in [-0.2, 0) is 0 Å². The molecular weight excluding hydrogens is 226 g/mol. The lowest BCUT2D eigenvalue weighted by atomic mass is 9.99. The highest BCUT2D eigenvalue weighted by atomic mass is 32.1. The number of thiol groups is 1. The van der Waals surface area contributed by atoms with Gasteiger partial charge in [-0.05, 0) is 38.4 Å². The van der Waals surface area contributed by atoms with Gasteiger partial charge in [-0.2, -0.15) is 12.6 Å². The predicted molar refractivity (Wildman–Crippen MR) is 80.8 cm³/mol. The smallest absolute Gasteiger partial charge is 0.0455 e. The molecule has 0 aromatic rings. The second kappa shape index (κ2) is 7.78. The van der Waals surface area contributed by atoms with Crippen molar-refractivity contribution in [2.75, 3.05) is 13.6 Å². The van der Waals surface area contributed by atoms with Crippen molar-refractivity contribution in [1.82, 2.24) is 4.90 Å². The highest BCUT2D eigenvalue weighted by Crippen LogP contribution is 2.22. The van der Waals surface area contributed by atoms with E-state index in [1.165, 1.54) is 18.4 Å². The van der Waals surface area contributed by atoms with E-state index in [0.717, 1.165) is 19.4 Å². The fourth-order valence-electron chi connectivity index (χ4n) is 2.33. The molecule has 96 valence electrons. The van der Waals surface area contributed by atoms with Crippen LogP contribution in [0, 0.1) is 0 Å². The lowest BCUT2D eigenvalue weighted by molar-refractivity contribution is 0.263. The summed E-state index contributed by atoms with van der Waals surface area (Å²) in [4.78, 5) is 2.40. The van der Waals surface area contributed by atoms with Gasteiger partial charge in [0.15, 0.2) is 0 Å². The van der Waals surface area contributed by atoms with E-state index in [9.17, 15) is 0 Å². The molecule has 0 spiro atoms. The lowest BCUT2D eigenvalue weighted by Crippen LogP contribution is -2.40. The van der Waals surface area contributed by atoms with Gasteiger partial charge in [-0.3, -0.25) is 4.90 Å². The quantitative estimate of drug-likeness (QED) is 0.746. The molecule has 1 aliphatic heterocycles. The fourth-order valence-corrected chi connectivity index (χ4v) is 3.01. The molecule has 1 rings (SSSR count). The molecular formula is C15H25NS. The normalized spacial score (nSPS) is 28.6. The van der Waals surface area contributed by atoms with E-state index < -0.39 is 0 Å². The summed E-state index contributed by atoms with van der Waals surface area (Å²) in [7, 11) is 2.19. The molecule has 2 heteroatoms.